The molecule has 0 bridgehead atoms. The molecule has 0 heterocycles. The lowest BCUT2D eigenvalue weighted by Crippen LogP contribution is -2.51. The molecule has 0 aliphatic rings. The quantitative estimate of drug-likeness (QED) is 0.409. The summed E-state index contributed by atoms with van der Waals surface area (Å²) in [6.45, 7) is 6.39. The van der Waals surface area contributed by atoms with E-state index >= 15 is 0 Å². The Kier molecular flexibility index (Phi) is 10.1. The number of methoxy groups -OCH3 is 1. The second-order valence-electron chi connectivity index (χ2n) is 7.70. The molecule has 0 aromatic heterocycles. The minimum Gasteiger partial charge on any atom is -0.468 e. The molecule has 0 unspecified atom stereocenters. The SMILES string of the molecule is COC(=O)[C@@](N)(CCOC(=O)CCC(C)C)Cc1ccc(OC(C)=O)c(OC(C)=O)c1. The van der Waals surface area contributed by atoms with Gasteiger partial charge in [-0.05, 0) is 30.0 Å². The van der Waals surface area contributed by atoms with E-state index in [2.05, 4.69) is 0 Å². The maximum absolute atomic E-state index is 12.4. The number of carbonyl (C=O) groups is 4. The van der Waals surface area contributed by atoms with Crippen LogP contribution in [0.4, 0.5) is 0 Å². The van der Waals surface area contributed by atoms with Gasteiger partial charge in [0.2, 0.25) is 0 Å². The molecule has 0 radical (unpaired) electrons. The smallest absolute Gasteiger partial charge is 0.326 e. The first-order valence-corrected chi connectivity index (χ1v) is 9.99. The van der Waals surface area contributed by atoms with Crippen LogP contribution in [-0.2, 0) is 35.1 Å². The largest absolute Gasteiger partial charge is 0.468 e. The Balaban J connectivity index is 2.97. The molecular formula is C22H31NO8. The van der Waals surface area contributed by atoms with Crippen LogP contribution < -0.4 is 15.2 Å². The molecule has 1 aromatic rings. The molecule has 0 fully saturated rings. The monoisotopic (exact) mass is 437 g/mol. The molecule has 0 saturated heterocycles. The van der Waals surface area contributed by atoms with Crippen LogP contribution in [0, 0.1) is 5.92 Å². The van der Waals surface area contributed by atoms with Gasteiger partial charge in [0.1, 0.15) is 5.54 Å². The average Bonchev–Trinajstić information content (AvgIpc) is 2.67. The van der Waals surface area contributed by atoms with Crippen LogP contribution in [0.3, 0.4) is 0 Å². The van der Waals surface area contributed by atoms with E-state index in [0.717, 1.165) is 0 Å². The van der Waals surface area contributed by atoms with Crippen molar-refractivity contribution < 1.29 is 38.1 Å². The van der Waals surface area contributed by atoms with Crippen LogP contribution in [0.2, 0.25) is 0 Å². The van der Waals surface area contributed by atoms with Crippen LogP contribution >= 0.6 is 0 Å². The summed E-state index contributed by atoms with van der Waals surface area (Å²) in [6.07, 6.45) is 1.04. The van der Waals surface area contributed by atoms with E-state index in [9.17, 15) is 19.2 Å². The highest BCUT2D eigenvalue weighted by molar-refractivity contribution is 5.81. The zero-order chi connectivity index (χ0) is 23.6. The molecule has 0 saturated carbocycles. The van der Waals surface area contributed by atoms with Gasteiger partial charge in [-0.1, -0.05) is 19.9 Å². The summed E-state index contributed by atoms with van der Waals surface area (Å²) >= 11 is 0. The lowest BCUT2D eigenvalue weighted by Gasteiger charge is -2.26. The fourth-order valence-electron chi connectivity index (χ4n) is 2.79. The maximum atomic E-state index is 12.4. The minimum absolute atomic E-state index is 0.0117. The molecule has 0 aliphatic heterocycles. The number of esters is 4. The Morgan fingerprint density at radius 2 is 1.65 bits per heavy atom. The van der Waals surface area contributed by atoms with E-state index in [-0.39, 0.29) is 43.3 Å². The van der Waals surface area contributed by atoms with E-state index in [0.29, 0.717) is 17.9 Å². The third-order valence-corrected chi connectivity index (χ3v) is 4.36. The van der Waals surface area contributed by atoms with Gasteiger partial charge < -0.3 is 24.7 Å². The molecule has 2 N–H and O–H groups in total. The van der Waals surface area contributed by atoms with Gasteiger partial charge in [-0.3, -0.25) is 19.2 Å². The van der Waals surface area contributed by atoms with Crippen molar-refractivity contribution in [2.75, 3.05) is 13.7 Å². The second kappa shape index (κ2) is 12.0. The maximum Gasteiger partial charge on any atom is 0.326 e. The fraction of sp³-hybridized carbons (Fsp3) is 0.545. The summed E-state index contributed by atoms with van der Waals surface area (Å²) < 4.78 is 20.2. The Bertz CT molecular complexity index is 805. The predicted octanol–water partition coefficient (Wildman–Crippen LogP) is 2.32. The highest BCUT2D eigenvalue weighted by atomic mass is 16.6. The van der Waals surface area contributed by atoms with Crippen molar-refractivity contribution in [3.05, 3.63) is 23.8 Å². The van der Waals surface area contributed by atoms with Crippen molar-refractivity contribution in [2.24, 2.45) is 11.7 Å². The van der Waals surface area contributed by atoms with Crippen LogP contribution in [-0.4, -0.2) is 43.1 Å². The summed E-state index contributed by atoms with van der Waals surface area (Å²) in [4.78, 5) is 46.9. The number of rotatable bonds is 11. The lowest BCUT2D eigenvalue weighted by molar-refractivity contribution is -0.151. The van der Waals surface area contributed by atoms with Crippen LogP contribution in [0.1, 0.15) is 52.5 Å². The highest BCUT2D eigenvalue weighted by Crippen LogP contribution is 2.30. The number of hydrogen-bond donors (Lipinski definition) is 1. The molecule has 1 atom stereocenters. The predicted molar refractivity (Wildman–Crippen MR) is 111 cm³/mol. The van der Waals surface area contributed by atoms with Crippen molar-refractivity contribution in [3.8, 4) is 11.5 Å². The third-order valence-electron chi connectivity index (χ3n) is 4.36. The number of hydrogen-bond acceptors (Lipinski definition) is 9. The summed E-state index contributed by atoms with van der Waals surface area (Å²) in [5, 5.41) is 0. The van der Waals surface area contributed by atoms with Crippen LogP contribution in [0.15, 0.2) is 18.2 Å². The summed E-state index contributed by atoms with van der Waals surface area (Å²) in [5.41, 5.74) is 5.35. The van der Waals surface area contributed by atoms with Gasteiger partial charge in [-0.15, -0.1) is 0 Å². The van der Waals surface area contributed by atoms with Gasteiger partial charge in [0.05, 0.1) is 13.7 Å². The average molecular weight is 437 g/mol. The Morgan fingerprint density at radius 1 is 1.03 bits per heavy atom. The van der Waals surface area contributed by atoms with E-state index in [4.69, 9.17) is 24.7 Å². The first kappa shape index (κ1) is 26.1. The van der Waals surface area contributed by atoms with E-state index in [1.165, 1.54) is 33.1 Å². The first-order valence-electron chi connectivity index (χ1n) is 9.99. The van der Waals surface area contributed by atoms with E-state index in [1.807, 2.05) is 13.8 Å². The van der Waals surface area contributed by atoms with Gasteiger partial charge in [-0.2, -0.15) is 0 Å². The molecule has 1 aromatic carbocycles. The molecule has 0 spiro atoms. The van der Waals surface area contributed by atoms with Crippen LogP contribution in [0.25, 0.3) is 0 Å². The van der Waals surface area contributed by atoms with Gasteiger partial charge in [-0.25, -0.2) is 0 Å². The first-order chi connectivity index (χ1) is 14.5. The molecule has 9 heteroatoms. The zero-order valence-electron chi connectivity index (χ0n) is 18.7. The molecular weight excluding hydrogens is 406 g/mol. The highest BCUT2D eigenvalue weighted by Gasteiger charge is 2.36. The number of ether oxygens (including phenoxy) is 4. The van der Waals surface area contributed by atoms with E-state index < -0.39 is 23.4 Å². The molecule has 172 valence electrons. The molecule has 9 nitrogen and oxygen atoms in total. The molecule has 1 rings (SSSR count). The number of benzene rings is 1. The van der Waals surface area contributed by atoms with Gasteiger partial charge in [0, 0.05) is 33.1 Å². The number of nitrogens with two attached hydrogens (primary N) is 1. The Labute approximate surface area is 182 Å². The van der Waals surface area contributed by atoms with Crippen molar-refractivity contribution in [1.82, 2.24) is 0 Å². The number of carbonyl (C=O) groups excluding carboxylic acids is 4. The standard InChI is InChI=1S/C22H31NO8/c1-14(2)6-9-20(26)29-11-10-22(23,21(27)28-5)13-17-7-8-18(30-15(3)24)19(12-17)31-16(4)25/h7-8,12,14H,6,9-11,13,23H2,1-5H3/t22-/m1/s1. The van der Waals surface area contributed by atoms with Crippen LogP contribution in [0.5, 0.6) is 11.5 Å². The van der Waals surface area contributed by atoms with Crippen molar-refractivity contribution in [2.45, 2.75) is 58.9 Å². The van der Waals surface area contributed by atoms with Gasteiger partial charge >= 0.3 is 23.9 Å². The van der Waals surface area contributed by atoms with Crippen molar-refractivity contribution >= 4 is 23.9 Å². The van der Waals surface area contributed by atoms with Crippen molar-refractivity contribution in [1.29, 1.82) is 0 Å². The molecule has 0 amide bonds. The second-order valence-corrected chi connectivity index (χ2v) is 7.70. The summed E-state index contributed by atoms with van der Waals surface area (Å²) in [6, 6.07) is 4.49. The van der Waals surface area contributed by atoms with Gasteiger partial charge in [0.15, 0.2) is 11.5 Å². The zero-order valence-corrected chi connectivity index (χ0v) is 18.7. The third kappa shape index (κ3) is 9.17. The van der Waals surface area contributed by atoms with Gasteiger partial charge in [0.25, 0.3) is 0 Å². The van der Waals surface area contributed by atoms with E-state index in [1.54, 1.807) is 6.07 Å². The normalized spacial score (nSPS) is 12.6. The Morgan fingerprint density at radius 3 is 2.19 bits per heavy atom. The Hall–Kier alpha value is -2.94. The summed E-state index contributed by atoms with van der Waals surface area (Å²) in [5.74, 6) is -1.77. The lowest BCUT2D eigenvalue weighted by atomic mass is 9.88. The topological polar surface area (TPSA) is 131 Å². The fourth-order valence-corrected chi connectivity index (χ4v) is 2.79. The minimum atomic E-state index is -1.48. The molecule has 0 aliphatic carbocycles. The van der Waals surface area contributed by atoms with Crippen molar-refractivity contribution in [3.63, 3.8) is 0 Å². The summed E-state index contributed by atoms with van der Waals surface area (Å²) in [7, 11) is 1.21. The molecule has 31 heavy (non-hydrogen) atoms.